The van der Waals surface area contributed by atoms with Crippen LogP contribution in [0.5, 0.6) is 0 Å². The molecule has 0 aliphatic carbocycles. The van der Waals surface area contributed by atoms with Crippen molar-refractivity contribution >= 4 is 11.2 Å². The molecule has 1 aromatic carbocycles. The van der Waals surface area contributed by atoms with Gasteiger partial charge in [0.05, 0.1) is 0 Å². The largest absolute Gasteiger partial charge is 0.336 e. The van der Waals surface area contributed by atoms with Crippen molar-refractivity contribution in [3.8, 4) is 0 Å². The fourth-order valence-corrected chi connectivity index (χ4v) is 2.90. The lowest BCUT2D eigenvalue weighted by Crippen LogP contribution is -2.34. The van der Waals surface area contributed by atoms with E-state index in [4.69, 9.17) is 0 Å². The monoisotopic (exact) mass is 312 g/mol. The molecule has 0 saturated carbocycles. The van der Waals surface area contributed by atoms with Crippen LogP contribution < -0.4 is 11.2 Å². The molecule has 0 amide bonds. The van der Waals surface area contributed by atoms with Crippen molar-refractivity contribution in [2.45, 2.75) is 39.2 Å². The summed E-state index contributed by atoms with van der Waals surface area (Å²) >= 11 is 0. The molecule has 2 N–H and O–H groups in total. The molecule has 1 unspecified atom stereocenters. The summed E-state index contributed by atoms with van der Waals surface area (Å²) in [6.45, 7) is 4.40. The summed E-state index contributed by atoms with van der Waals surface area (Å²) in [4.78, 5) is 34.8. The van der Waals surface area contributed by atoms with Gasteiger partial charge < -0.3 is 4.98 Å². The Morgan fingerprint density at radius 1 is 1.13 bits per heavy atom. The summed E-state index contributed by atoms with van der Waals surface area (Å²) in [5, 5.41) is 0. The van der Waals surface area contributed by atoms with Gasteiger partial charge in [-0.15, -0.1) is 0 Å². The zero-order valence-corrected chi connectivity index (χ0v) is 13.3. The summed E-state index contributed by atoms with van der Waals surface area (Å²) in [5.41, 5.74) is 1.10. The van der Waals surface area contributed by atoms with Gasteiger partial charge >= 0.3 is 5.69 Å². The molecule has 0 saturated heterocycles. The molecule has 2 aromatic heterocycles. The van der Waals surface area contributed by atoms with E-state index in [1.165, 1.54) is 4.57 Å². The Labute approximate surface area is 133 Å². The van der Waals surface area contributed by atoms with Gasteiger partial charge in [-0.1, -0.05) is 44.2 Å². The van der Waals surface area contributed by atoms with Crippen LogP contribution in [-0.4, -0.2) is 19.5 Å². The highest BCUT2D eigenvalue weighted by Crippen LogP contribution is 2.26. The average Bonchev–Trinajstić information content (AvgIpc) is 2.97. The van der Waals surface area contributed by atoms with Crippen LogP contribution in [0.2, 0.25) is 0 Å². The van der Waals surface area contributed by atoms with Crippen LogP contribution in [0.3, 0.4) is 0 Å². The number of benzene rings is 1. The first-order chi connectivity index (χ1) is 11.2. The maximum absolute atomic E-state index is 12.5. The van der Waals surface area contributed by atoms with Crippen molar-refractivity contribution in [3.63, 3.8) is 0 Å². The number of rotatable bonds is 5. The number of hydrogen-bond acceptors (Lipinski definition) is 3. The number of aromatic amines is 2. The van der Waals surface area contributed by atoms with Gasteiger partial charge in [-0.05, 0) is 18.4 Å². The zero-order chi connectivity index (χ0) is 16.4. The van der Waals surface area contributed by atoms with E-state index in [0.29, 0.717) is 23.5 Å². The van der Waals surface area contributed by atoms with Crippen LogP contribution in [0, 0.1) is 0 Å². The topological polar surface area (TPSA) is 83.5 Å². The smallest absolute Gasteiger partial charge is 0.330 e. The van der Waals surface area contributed by atoms with Crippen molar-refractivity contribution in [1.29, 1.82) is 0 Å². The van der Waals surface area contributed by atoms with E-state index < -0.39 is 5.69 Å². The number of nitrogens with zero attached hydrogens (tertiary/aromatic N) is 2. The molecule has 0 radical (unpaired) electrons. The van der Waals surface area contributed by atoms with Crippen molar-refractivity contribution in [2.75, 3.05) is 0 Å². The molecular weight excluding hydrogens is 292 g/mol. The van der Waals surface area contributed by atoms with Crippen molar-refractivity contribution < 1.29 is 0 Å². The Morgan fingerprint density at radius 3 is 2.52 bits per heavy atom. The molecule has 0 fully saturated rings. The van der Waals surface area contributed by atoms with Gasteiger partial charge in [-0.2, -0.15) is 0 Å². The number of imidazole rings is 1. The lowest BCUT2D eigenvalue weighted by atomic mass is 9.96. The number of fused-ring (bicyclic) bond motifs is 1. The molecule has 0 aliphatic heterocycles. The highest BCUT2D eigenvalue weighted by atomic mass is 16.2. The van der Waals surface area contributed by atoms with Crippen LogP contribution in [-0.2, 0) is 6.54 Å². The molecule has 0 aliphatic rings. The number of H-pyrrole nitrogens is 2. The summed E-state index contributed by atoms with van der Waals surface area (Å²) < 4.78 is 1.22. The van der Waals surface area contributed by atoms with E-state index in [1.807, 2.05) is 37.3 Å². The summed E-state index contributed by atoms with van der Waals surface area (Å²) in [6.07, 6.45) is 1.56. The first kappa shape index (κ1) is 15.3. The van der Waals surface area contributed by atoms with Gasteiger partial charge in [-0.25, -0.2) is 9.78 Å². The van der Waals surface area contributed by atoms with E-state index in [-0.39, 0.29) is 11.5 Å². The molecule has 2 heterocycles. The Bertz CT molecular complexity index is 921. The van der Waals surface area contributed by atoms with Crippen molar-refractivity contribution in [2.24, 2.45) is 0 Å². The normalized spacial score (nSPS) is 12.6. The molecule has 6 nitrogen and oxygen atoms in total. The lowest BCUT2D eigenvalue weighted by Gasteiger charge is -2.11. The second-order valence-electron chi connectivity index (χ2n) is 5.60. The number of aromatic nitrogens is 4. The Morgan fingerprint density at radius 2 is 1.87 bits per heavy atom. The molecule has 0 bridgehead atoms. The predicted octanol–water partition coefficient (Wildman–Crippen LogP) is 2.36. The third-order valence-electron chi connectivity index (χ3n) is 4.04. The molecule has 3 aromatic rings. The fourth-order valence-electron chi connectivity index (χ4n) is 2.90. The van der Waals surface area contributed by atoms with E-state index >= 15 is 0 Å². The van der Waals surface area contributed by atoms with Crippen molar-refractivity contribution in [3.05, 3.63) is 62.6 Å². The molecule has 6 heteroatoms. The van der Waals surface area contributed by atoms with Crippen LogP contribution in [0.4, 0.5) is 0 Å². The van der Waals surface area contributed by atoms with Crippen LogP contribution in [0.15, 0.2) is 39.9 Å². The van der Waals surface area contributed by atoms with Crippen LogP contribution in [0.1, 0.15) is 44.0 Å². The fraction of sp³-hybridized carbons (Fsp3) is 0.353. The van der Waals surface area contributed by atoms with Gasteiger partial charge in [-0.3, -0.25) is 14.3 Å². The quantitative estimate of drug-likeness (QED) is 0.758. The second kappa shape index (κ2) is 6.24. The van der Waals surface area contributed by atoms with Gasteiger partial charge in [0, 0.05) is 12.5 Å². The summed E-state index contributed by atoms with van der Waals surface area (Å²) in [6, 6.07) is 10.0. The van der Waals surface area contributed by atoms with E-state index in [9.17, 15) is 9.59 Å². The van der Waals surface area contributed by atoms with E-state index in [1.54, 1.807) is 0 Å². The van der Waals surface area contributed by atoms with Crippen LogP contribution >= 0.6 is 0 Å². The average molecular weight is 312 g/mol. The maximum atomic E-state index is 12.5. The second-order valence-corrected chi connectivity index (χ2v) is 5.60. The third-order valence-corrected chi connectivity index (χ3v) is 4.04. The molecule has 120 valence electrons. The number of hydrogen-bond donors (Lipinski definition) is 2. The predicted molar refractivity (Wildman–Crippen MR) is 89.8 cm³/mol. The van der Waals surface area contributed by atoms with Crippen molar-refractivity contribution in [1.82, 2.24) is 19.5 Å². The zero-order valence-electron chi connectivity index (χ0n) is 13.3. The van der Waals surface area contributed by atoms with Gasteiger partial charge in [0.1, 0.15) is 11.3 Å². The standard InChI is InChI=1S/C17H20N4O2/c1-3-10-21-16(22)13-15(20-17(21)23)19-14(18-13)12(4-2)11-8-6-5-7-9-11/h5-9,12H,3-4,10H2,1-2H3,(H,18,19)(H,20,23). The lowest BCUT2D eigenvalue weighted by molar-refractivity contribution is 0.622. The van der Waals surface area contributed by atoms with E-state index in [0.717, 1.165) is 18.4 Å². The van der Waals surface area contributed by atoms with E-state index in [2.05, 4.69) is 21.9 Å². The first-order valence-electron chi connectivity index (χ1n) is 7.93. The van der Waals surface area contributed by atoms with Gasteiger partial charge in [0.25, 0.3) is 5.56 Å². The van der Waals surface area contributed by atoms with Gasteiger partial charge in [0.2, 0.25) is 0 Å². The SMILES string of the molecule is CCCn1c(=O)[nH]c2nc(C(CC)c3ccccc3)[nH]c2c1=O. The highest BCUT2D eigenvalue weighted by Gasteiger charge is 2.18. The first-order valence-corrected chi connectivity index (χ1v) is 7.93. The third kappa shape index (κ3) is 2.72. The Balaban J connectivity index is 2.15. The Hall–Kier alpha value is -2.63. The molecule has 3 rings (SSSR count). The highest BCUT2D eigenvalue weighted by molar-refractivity contribution is 5.69. The summed E-state index contributed by atoms with van der Waals surface area (Å²) in [5.74, 6) is 0.766. The minimum atomic E-state index is -0.407. The molecule has 23 heavy (non-hydrogen) atoms. The molecule has 0 spiro atoms. The van der Waals surface area contributed by atoms with Gasteiger partial charge in [0.15, 0.2) is 5.65 Å². The van der Waals surface area contributed by atoms with Crippen LogP contribution in [0.25, 0.3) is 11.2 Å². The minimum Gasteiger partial charge on any atom is -0.336 e. The molecule has 1 atom stereocenters. The maximum Gasteiger partial charge on any atom is 0.330 e. The summed E-state index contributed by atoms with van der Waals surface area (Å²) in [7, 11) is 0. The number of nitrogens with one attached hydrogen (secondary N) is 2. The molecular formula is C17H20N4O2. The Kier molecular flexibility index (Phi) is 4.14. The minimum absolute atomic E-state index is 0.0612.